The number of benzene rings is 1. The number of hydrogen-bond acceptors (Lipinski definition) is 5. The molecule has 2 aliphatic rings. The standard InChI is InChI=1S/C23H35N5O4/c1-27(2)22(30)16-24-23(26-19-10-15-32-20-7-5-4-6-18(19)20)25-17-8-12-28(13-9-17)21(29)11-14-31-3/h4-7,17,19H,8-16H2,1-3H3,(H2,24,25,26). The molecular formula is C23H35N5O4. The first-order chi connectivity index (χ1) is 15.5. The summed E-state index contributed by atoms with van der Waals surface area (Å²) in [6, 6.07) is 8.22. The highest BCUT2D eigenvalue weighted by Gasteiger charge is 2.26. The number of nitrogens with one attached hydrogen (secondary N) is 2. The number of carbonyl (C=O) groups is 2. The van der Waals surface area contributed by atoms with E-state index in [1.165, 1.54) is 4.90 Å². The zero-order valence-corrected chi connectivity index (χ0v) is 19.3. The maximum absolute atomic E-state index is 12.2. The zero-order valence-electron chi connectivity index (χ0n) is 19.3. The molecule has 0 aromatic heterocycles. The Balaban J connectivity index is 1.64. The summed E-state index contributed by atoms with van der Waals surface area (Å²) in [6.45, 7) is 2.54. The van der Waals surface area contributed by atoms with Gasteiger partial charge in [-0.1, -0.05) is 18.2 Å². The van der Waals surface area contributed by atoms with E-state index in [4.69, 9.17) is 9.47 Å². The van der Waals surface area contributed by atoms with Gasteiger partial charge in [-0.25, -0.2) is 4.99 Å². The van der Waals surface area contributed by atoms with Crippen LogP contribution in [-0.4, -0.2) is 87.7 Å². The molecule has 0 bridgehead atoms. The Labute approximate surface area is 190 Å². The van der Waals surface area contributed by atoms with Crippen LogP contribution in [0.4, 0.5) is 0 Å². The number of hydrogen-bond donors (Lipinski definition) is 2. The van der Waals surface area contributed by atoms with E-state index in [1.54, 1.807) is 21.2 Å². The van der Waals surface area contributed by atoms with E-state index in [2.05, 4.69) is 21.7 Å². The molecule has 2 heterocycles. The first-order valence-corrected chi connectivity index (χ1v) is 11.2. The lowest BCUT2D eigenvalue weighted by Crippen LogP contribution is -2.51. The van der Waals surface area contributed by atoms with Crippen molar-refractivity contribution in [3.63, 3.8) is 0 Å². The monoisotopic (exact) mass is 445 g/mol. The topological polar surface area (TPSA) is 95.5 Å². The van der Waals surface area contributed by atoms with Gasteiger partial charge in [0.05, 0.1) is 25.7 Å². The fraction of sp³-hybridized carbons (Fsp3) is 0.609. The Morgan fingerprint density at radius 1 is 1.19 bits per heavy atom. The second-order valence-electron chi connectivity index (χ2n) is 8.37. The zero-order chi connectivity index (χ0) is 22.9. The lowest BCUT2D eigenvalue weighted by molar-refractivity contribution is -0.133. The van der Waals surface area contributed by atoms with E-state index in [0.29, 0.717) is 38.7 Å². The molecule has 1 fully saturated rings. The summed E-state index contributed by atoms with van der Waals surface area (Å²) in [7, 11) is 5.06. The normalized spacial score (nSPS) is 19.0. The number of rotatable bonds is 7. The maximum atomic E-state index is 12.2. The summed E-state index contributed by atoms with van der Waals surface area (Å²) in [4.78, 5) is 32.4. The second-order valence-corrected chi connectivity index (χ2v) is 8.37. The summed E-state index contributed by atoms with van der Waals surface area (Å²) >= 11 is 0. The van der Waals surface area contributed by atoms with Crippen LogP contribution in [-0.2, 0) is 14.3 Å². The molecular weight excluding hydrogens is 410 g/mol. The van der Waals surface area contributed by atoms with Gasteiger partial charge in [0.15, 0.2) is 5.96 Å². The number of fused-ring (bicyclic) bond motifs is 1. The minimum atomic E-state index is -0.0583. The van der Waals surface area contributed by atoms with Gasteiger partial charge in [-0.15, -0.1) is 0 Å². The van der Waals surface area contributed by atoms with Crippen LogP contribution < -0.4 is 15.4 Å². The average molecular weight is 446 g/mol. The van der Waals surface area contributed by atoms with Crippen LogP contribution in [0.3, 0.4) is 0 Å². The van der Waals surface area contributed by atoms with Gasteiger partial charge in [-0.3, -0.25) is 9.59 Å². The molecule has 2 amide bonds. The fourth-order valence-electron chi connectivity index (χ4n) is 3.89. The van der Waals surface area contributed by atoms with Crippen LogP contribution in [0.2, 0.25) is 0 Å². The Morgan fingerprint density at radius 2 is 1.94 bits per heavy atom. The number of likely N-dealkylation sites (tertiary alicyclic amines) is 1. The van der Waals surface area contributed by atoms with E-state index in [9.17, 15) is 9.59 Å². The molecule has 9 heteroatoms. The summed E-state index contributed by atoms with van der Waals surface area (Å²) in [6.07, 6.45) is 2.88. The number of guanidine groups is 1. The second kappa shape index (κ2) is 11.7. The van der Waals surface area contributed by atoms with Crippen molar-refractivity contribution in [3.05, 3.63) is 29.8 Å². The third-order valence-corrected chi connectivity index (χ3v) is 5.85. The largest absolute Gasteiger partial charge is 0.493 e. The third-order valence-electron chi connectivity index (χ3n) is 5.85. The first kappa shape index (κ1) is 23.8. The summed E-state index contributed by atoms with van der Waals surface area (Å²) in [5.74, 6) is 1.57. The lowest BCUT2D eigenvalue weighted by Gasteiger charge is -2.34. The van der Waals surface area contributed by atoms with Crippen molar-refractivity contribution in [1.29, 1.82) is 0 Å². The van der Waals surface area contributed by atoms with Gasteiger partial charge in [-0.05, 0) is 18.9 Å². The number of amides is 2. The number of piperidine rings is 1. The van der Waals surface area contributed by atoms with E-state index in [1.807, 2.05) is 23.1 Å². The number of likely N-dealkylation sites (N-methyl/N-ethyl adjacent to an activating group) is 1. The highest BCUT2D eigenvalue weighted by molar-refractivity contribution is 5.85. The molecule has 176 valence electrons. The molecule has 1 unspecified atom stereocenters. The third kappa shape index (κ3) is 6.59. The van der Waals surface area contributed by atoms with Crippen LogP contribution >= 0.6 is 0 Å². The van der Waals surface area contributed by atoms with Gasteiger partial charge >= 0.3 is 0 Å². The van der Waals surface area contributed by atoms with Gasteiger partial charge in [0.2, 0.25) is 11.8 Å². The molecule has 1 saturated heterocycles. The van der Waals surface area contributed by atoms with Crippen molar-refractivity contribution in [2.24, 2.45) is 4.99 Å². The van der Waals surface area contributed by atoms with Crippen LogP contribution in [0.1, 0.15) is 37.3 Å². The summed E-state index contributed by atoms with van der Waals surface area (Å²) in [5, 5.41) is 7.00. The van der Waals surface area contributed by atoms with Gasteiger partial charge in [0, 0.05) is 52.3 Å². The molecule has 2 N–H and O–H groups in total. The Hall–Kier alpha value is -2.81. The quantitative estimate of drug-likeness (QED) is 0.483. The van der Waals surface area contributed by atoms with Crippen molar-refractivity contribution in [2.45, 2.75) is 37.8 Å². The van der Waals surface area contributed by atoms with Crippen molar-refractivity contribution < 1.29 is 19.1 Å². The van der Waals surface area contributed by atoms with E-state index in [0.717, 1.165) is 30.6 Å². The molecule has 1 aromatic rings. The van der Waals surface area contributed by atoms with Gasteiger partial charge < -0.3 is 29.9 Å². The highest BCUT2D eigenvalue weighted by Crippen LogP contribution is 2.31. The van der Waals surface area contributed by atoms with E-state index < -0.39 is 0 Å². The molecule has 9 nitrogen and oxygen atoms in total. The number of aliphatic imine (C=N–C) groups is 1. The summed E-state index contributed by atoms with van der Waals surface area (Å²) < 4.78 is 10.8. The number of para-hydroxylation sites is 1. The van der Waals surface area contributed by atoms with Crippen molar-refractivity contribution in [2.75, 3.05) is 54.1 Å². The maximum Gasteiger partial charge on any atom is 0.243 e. The number of carbonyl (C=O) groups excluding carboxylic acids is 2. The Bertz CT molecular complexity index is 805. The van der Waals surface area contributed by atoms with E-state index >= 15 is 0 Å². The predicted molar refractivity (Wildman–Crippen MR) is 123 cm³/mol. The van der Waals surface area contributed by atoms with Crippen LogP contribution in [0.25, 0.3) is 0 Å². The Kier molecular flexibility index (Phi) is 8.72. The molecule has 0 aliphatic carbocycles. The van der Waals surface area contributed by atoms with Gasteiger partial charge in [0.25, 0.3) is 0 Å². The smallest absolute Gasteiger partial charge is 0.243 e. The van der Waals surface area contributed by atoms with Crippen molar-refractivity contribution in [3.8, 4) is 5.75 Å². The average Bonchev–Trinajstić information content (AvgIpc) is 2.81. The molecule has 0 radical (unpaired) electrons. The molecule has 3 rings (SSSR count). The highest BCUT2D eigenvalue weighted by atomic mass is 16.5. The number of ether oxygens (including phenoxy) is 2. The van der Waals surface area contributed by atoms with E-state index in [-0.39, 0.29) is 30.4 Å². The fourth-order valence-corrected chi connectivity index (χ4v) is 3.89. The molecule has 0 saturated carbocycles. The molecule has 32 heavy (non-hydrogen) atoms. The van der Waals surface area contributed by atoms with Crippen LogP contribution in [0, 0.1) is 0 Å². The van der Waals surface area contributed by atoms with Crippen LogP contribution in [0.5, 0.6) is 5.75 Å². The van der Waals surface area contributed by atoms with Crippen molar-refractivity contribution in [1.82, 2.24) is 20.4 Å². The Morgan fingerprint density at radius 3 is 2.66 bits per heavy atom. The molecule has 1 aromatic carbocycles. The summed E-state index contributed by atoms with van der Waals surface area (Å²) in [5.41, 5.74) is 1.09. The first-order valence-electron chi connectivity index (χ1n) is 11.2. The lowest BCUT2D eigenvalue weighted by atomic mass is 10.0. The van der Waals surface area contributed by atoms with Gasteiger partial charge in [-0.2, -0.15) is 0 Å². The van der Waals surface area contributed by atoms with Gasteiger partial charge in [0.1, 0.15) is 12.3 Å². The molecule has 2 aliphatic heterocycles. The van der Waals surface area contributed by atoms with Crippen molar-refractivity contribution >= 4 is 17.8 Å². The van der Waals surface area contributed by atoms with Crippen LogP contribution in [0.15, 0.2) is 29.3 Å². The molecule has 1 atom stereocenters. The number of methoxy groups -OCH3 is 1. The molecule has 0 spiro atoms. The minimum absolute atomic E-state index is 0.0522. The number of nitrogens with zero attached hydrogens (tertiary/aromatic N) is 3. The minimum Gasteiger partial charge on any atom is -0.493 e. The predicted octanol–water partition coefficient (Wildman–Crippen LogP) is 1.16. The SMILES string of the molecule is COCCC(=O)N1CCC(NC(=NCC(=O)N(C)C)NC2CCOc3ccccc32)CC1.